The zero-order valence-electron chi connectivity index (χ0n) is 23.9. The number of carboxylic acids is 1. The van der Waals surface area contributed by atoms with Gasteiger partial charge in [-0.25, -0.2) is 13.2 Å². The Kier molecular flexibility index (Phi) is 10.0. The van der Waals surface area contributed by atoms with E-state index in [4.69, 9.17) is 5.11 Å². The summed E-state index contributed by atoms with van der Waals surface area (Å²) in [6.07, 6.45) is 7.01. The van der Waals surface area contributed by atoms with Gasteiger partial charge in [-0.15, -0.1) is 0 Å². The van der Waals surface area contributed by atoms with Crippen LogP contribution < -0.4 is 15.5 Å². The Morgan fingerprint density at radius 3 is 2.21 bits per heavy atom. The molecule has 1 aliphatic rings. The Morgan fingerprint density at radius 1 is 0.929 bits per heavy atom. The van der Waals surface area contributed by atoms with Gasteiger partial charge in [-0.05, 0) is 78.8 Å². The number of nitrogens with one attached hydrogen (secondary N) is 2. The summed E-state index contributed by atoms with van der Waals surface area (Å²) < 4.78 is 24.5. The lowest BCUT2D eigenvalue weighted by Gasteiger charge is -2.26. The van der Waals surface area contributed by atoms with Crippen molar-refractivity contribution >= 4 is 39.1 Å². The fourth-order valence-electron chi connectivity index (χ4n) is 5.24. The smallest absolute Gasteiger partial charge is 0.326 e. The van der Waals surface area contributed by atoms with E-state index in [2.05, 4.69) is 22.8 Å². The highest BCUT2D eigenvalue weighted by atomic mass is 32.2. The maximum atomic E-state index is 13.7. The van der Waals surface area contributed by atoms with Crippen LogP contribution in [0.2, 0.25) is 0 Å². The maximum Gasteiger partial charge on any atom is 0.326 e. The van der Waals surface area contributed by atoms with Crippen molar-refractivity contribution in [1.82, 2.24) is 5.32 Å². The van der Waals surface area contributed by atoms with Crippen LogP contribution >= 0.6 is 0 Å². The number of sulfone groups is 1. The third kappa shape index (κ3) is 8.19. The molecule has 3 amide bonds. The molecule has 1 saturated carbocycles. The number of hydrogen-bond acceptors (Lipinski definition) is 5. The van der Waals surface area contributed by atoms with Crippen LogP contribution in [0.4, 0.5) is 16.2 Å². The lowest BCUT2D eigenvalue weighted by atomic mass is 9.84. The van der Waals surface area contributed by atoms with Crippen molar-refractivity contribution in [1.29, 1.82) is 0 Å². The van der Waals surface area contributed by atoms with E-state index < -0.39 is 21.8 Å². The molecule has 3 aromatic rings. The zero-order chi connectivity index (χ0) is 30.3. The van der Waals surface area contributed by atoms with E-state index in [9.17, 15) is 22.8 Å². The van der Waals surface area contributed by atoms with Gasteiger partial charge in [0.2, 0.25) is 0 Å². The molecule has 0 unspecified atom stereocenters. The van der Waals surface area contributed by atoms with Gasteiger partial charge >= 0.3 is 12.0 Å². The summed E-state index contributed by atoms with van der Waals surface area (Å²) in [6, 6.07) is 19.1. The Labute approximate surface area is 246 Å². The number of anilines is 2. The van der Waals surface area contributed by atoms with Gasteiger partial charge < -0.3 is 15.7 Å². The summed E-state index contributed by atoms with van der Waals surface area (Å²) in [4.78, 5) is 38.4. The van der Waals surface area contributed by atoms with Crippen LogP contribution in [0, 0.1) is 6.92 Å². The summed E-state index contributed by atoms with van der Waals surface area (Å²) >= 11 is 0. The average Bonchev–Trinajstić information content (AvgIpc) is 2.97. The summed E-state index contributed by atoms with van der Waals surface area (Å²) in [5.41, 5.74) is 4.04. The van der Waals surface area contributed by atoms with Gasteiger partial charge in [0.1, 0.15) is 0 Å². The molecule has 0 spiro atoms. The Hall–Kier alpha value is -4.18. The first kappa shape index (κ1) is 30.8. The van der Waals surface area contributed by atoms with Crippen LogP contribution in [0.5, 0.6) is 0 Å². The van der Waals surface area contributed by atoms with Crippen molar-refractivity contribution in [2.45, 2.75) is 62.8 Å². The van der Waals surface area contributed by atoms with Crippen LogP contribution in [0.25, 0.3) is 0 Å². The molecule has 1 fully saturated rings. The summed E-state index contributed by atoms with van der Waals surface area (Å²) in [6.45, 7) is 1.93. The molecular formula is C32H37N3O6S. The molecule has 0 bridgehead atoms. The summed E-state index contributed by atoms with van der Waals surface area (Å²) in [5, 5.41) is 14.2. The van der Waals surface area contributed by atoms with E-state index in [1.165, 1.54) is 30.9 Å². The van der Waals surface area contributed by atoms with Gasteiger partial charge in [-0.1, -0.05) is 49.6 Å². The van der Waals surface area contributed by atoms with Gasteiger partial charge in [0, 0.05) is 29.7 Å². The van der Waals surface area contributed by atoms with Crippen molar-refractivity contribution < 1.29 is 27.9 Å². The van der Waals surface area contributed by atoms with Crippen molar-refractivity contribution in [3.63, 3.8) is 0 Å². The van der Waals surface area contributed by atoms with Crippen LogP contribution in [0.1, 0.15) is 71.5 Å². The van der Waals surface area contributed by atoms with E-state index in [0.717, 1.165) is 24.7 Å². The lowest BCUT2D eigenvalue weighted by Crippen LogP contribution is -2.34. The van der Waals surface area contributed by atoms with Crippen LogP contribution in [-0.2, 0) is 21.2 Å². The highest BCUT2D eigenvalue weighted by Gasteiger charge is 2.21. The zero-order valence-corrected chi connectivity index (χ0v) is 24.7. The Morgan fingerprint density at radius 2 is 1.60 bits per heavy atom. The molecule has 3 aromatic carbocycles. The number of aliphatic carboxylic acids is 1. The molecule has 0 aromatic heterocycles. The van der Waals surface area contributed by atoms with E-state index in [0.29, 0.717) is 28.4 Å². The molecule has 0 saturated heterocycles. The first-order valence-electron chi connectivity index (χ1n) is 14.1. The van der Waals surface area contributed by atoms with Gasteiger partial charge in [0.05, 0.1) is 17.9 Å². The van der Waals surface area contributed by atoms with Crippen molar-refractivity contribution in [3.8, 4) is 0 Å². The number of carbonyl (C=O) groups excluding carboxylic acids is 2. The monoisotopic (exact) mass is 591 g/mol. The Balaban J connectivity index is 1.56. The van der Waals surface area contributed by atoms with Crippen LogP contribution in [0.15, 0.2) is 71.6 Å². The van der Waals surface area contributed by atoms with Crippen molar-refractivity contribution in [3.05, 3.63) is 89.0 Å². The van der Waals surface area contributed by atoms with Gasteiger partial charge in [-0.2, -0.15) is 0 Å². The predicted octanol–water partition coefficient (Wildman–Crippen LogP) is 5.89. The second-order valence-electron chi connectivity index (χ2n) is 10.8. The molecule has 0 atom stereocenters. The second-order valence-corrected chi connectivity index (χ2v) is 12.8. The molecule has 0 aliphatic heterocycles. The number of rotatable bonds is 10. The number of carbonyl (C=O) groups is 3. The molecular weight excluding hydrogens is 554 g/mol. The predicted molar refractivity (Wildman–Crippen MR) is 163 cm³/mol. The number of hydrogen-bond donors (Lipinski definition) is 3. The minimum Gasteiger partial charge on any atom is -0.481 e. The number of urea groups is 1. The fourth-order valence-corrected chi connectivity index (χ4v) is 6.23. The quantitative estimate of drug-likeness (QED) is 0.269. The minimum atomic E-state index is -3.48. The molecule has 0 radical (unpaired) electrons. The minimum absolute atomic E-state index is 0.0285. The first-order valence-corrected chi connectivity index (χ1v) is 16.0. The summed E-state index contributed by atoms with van der Waals surface area (Å²) in [7, 11) is -3.48. The Bertz CT molecular complexity index is 1530. The second kappa shape index (κ2) is 13.7. The molecule has 10 heteroatoms. The van der Waals surface area contributed by atoms with E-state index in [1.54, 1.807) is 48.2 Å². The van der Waals surface area contributed by atoms with Crippen LogP contribution in [-0.4, -0.2) is 44.2 Å². The van der Waals surface area contributed by atoms with E-state index in [1.807, 2.05) is 12.1 Å². The standard InChI is InChI=1S/C32H37N3O6S/c1-22-8-15-27(20-29(22)42(2,40)41)34-32(39)35(28-16-13-25(14-17-28)24-6-4-3-5-7-24)21-23-9-11-26(12-10-23)31(38)33-19-18-30(36)37/h8-17,20,24H,3-7,18-19,21H2,1-2H3,(H,33,38)(H,34,39)(H,36,37). The largest absolute Gasteiger partial charge is 0.481 e. The molecule has 3 N–H and O–H groups in total. The SMILES string of the molecule is Cc1ccc(NC(=O)N(Cc2ccc(C(=O)NCCC(=O)O)cc2)c2ccc(C3CCCCC3)cc2)cc1S(C)(=O)=O. The highest BCUT2D eigenvalue weighted by Crippen LogP contribution is 2.33. The van der Waals surface area contributed by atoms with Crippen molar-refractivity contribution in [2.75, 3.05) is 23.0 Å². The topological polar surface area (TPSA) is 133 Å². The fraction of sp³-hybridized carbons (Fsp3) is 0.344. The number of benzene rings is 3. The van der Waals surface area contributed by atoms with Crippen molar-refractivity contribution in [2.24, 2.45) is 0 Å². The highest BCUT2D eigenvalue weighted by molar-refractivity contribution is 7.90. The van der Waals surface area contributed by atoms with Crippen LogP contribution in [0.3, 0.4) is 0 Å². The molecule has 4 rings (SSSR count). The van der Waals surface area contributed by atoms with Gasteiger partial charge in [0.15, 0.2) is 9.84 Å². The van der Waals surface area contributed by atoms with E-state index in [-0.39, 0.29) is 30.3 Å². The average molecular weight is 592 g/mol. The van der Waals surface area contributed by atoms with E-state index >= 15 is 0 Å². The third-order valence-corrected chi connectivity index (χ3v) is 8.79. The first-order chi connectivity index (χ1) is 20.0. The molecule has 0 heterocycles. The normalized spacial score (nSPS) is 13.8. The third-order valence-electron chi connectivity index (χ3n) is 7.55. The molecule has 1 aliphatic carbocycles. The maximum absolute atomic E-state index is 13.7. The lowest BCUT2D eigenvalue weighted by molar-refractivity contribution is -0.136. The van der Waals surface area contributed by atoms with Gasteiger partial charge in [-0.3, -0.25) is 14.5 Å². The molecule has 9 nitrogen and oxygen atoms in total. The van der Waals surface area contributed by atoms with Gasteiger partial charge in [0.25, 0.3) is 5.91 Å². The number of carboxylic acid groups (broad SMARTS) is 1. The number of nitrogens with zero attached hydrogens (tertiary/aromatic N) is 1. The number of amides is 3. The molecule has 42 heavy (non-hydrogen) atoms. The number of aryl methyl sites for hydroxylation is 1. The molecule has 222 valence electrons. The summed E-state index contributed by atoms with van der Waals surface area (Å²) in [5.74, 6) is -0.850.